The highest BCUT2D eigenvalue weighted by molar-refractivity contribution is 5.61. The van der Waals surface area contributed by atoms with E-state index in [9.17, 15) is 5.11 Å². The molecule has 0 amide bonds. The minimum Gasteiger partial charge on any atom is -0.393 e. The van der Waals surface area contributed by atoms with Gasteiger partial charge in [-0.15, -0.1) is 0 Å². The zero-order chi connectivity index (χ0) is 11.7. The summed E-state index contributed by atoms with van der Waals surface area (Å²) in [5.41, 5.74) is 4.21. The van der Waals surface area contributed by atoms with Crippen LogP contribution < -0.4 is 4.90 Å². The Hall–Kier alpha value is -1.02. The van der Waals surface area contributed by atoms with Crippen molar-refractivity contribution in [3.05, 3.63) is 29.3 Å². The highest BCUT2D eigenvalue weighted by atomic mass is 16.3. The molecule has 1 aromatic carbocycles. The van der Waals surface area contributed by atoms with Gasteiger partial charge < -0.3 is 10.0 Å². The van der Waals surface area contributed by atoms with Crippen molar-refractivity contribution in [1.82, 2.24) is 0 Å². The van der Waals surface area contributed by atoms with Crippen LogP contribution in [0.15, 0.2) is 18.2 Å². The third-order valence-electron chi connectivity index (χ3n) is 3.53. The van der Waals surface area contributed by atoms with Crippen LogP contribution in [0.2, 0.25) is 0 Å². The van der Waals surface area contributed by atoms with Crippen molar-refractivity contribution >= 4 is 5.69 Å². The lowest BCUT2D eigenvalue weighted by molar-refractivity contribution is 0.174. The van der Waals surface area contributed by atoms with Gasteiger partial charge in [0.1, 0.15) is 0 Å². The zero-order valence-corrected chi connectivity index (χ0v) is 10.4. The Bertz CT molecular complexity index is 373. The number of likely N-dealkylation sites (N-methyl/N-ethyl adjacent to an activating group) is 1. The summed E-state index contributed by atoms with van der Waals surface area (Å²) in [5, 5.41) is 9.55. The van der Waals surface area contributed by atoms with Crippen molar-refractivity contribution in [2.24, 2.45) is 0 Å². The van der Waals surface area contributed by atoms with Crippen molar-refractivity contribution in [3.8, 4) is 0 Å². The van der Waals surface area contributed by atoms with Gasteiger partial charge in [0.25, 0.3) is 0 Å². The molecule has 1 aliphatic rings. The van der Waals surface area contributed by atoms with E-state index in [1.807, 2.05) is 6.92 Å². The quantitative estimate of drug-likeness (QED) is 0.844. The van der Waals surface area contributed by atoms with E-state index in [0.717, 1.165) is 19.4 Å². The highest BCUT2D eigenvalue weighted by Gasteiger charge is 2.29. The normalized spacial score (nSPS) is 21.0. The van der Waals surface area contributed by atoms with Gasteiger partial charge in [0.15, 0.2) is 0 Å². The standard InChI is InChI=1S/C14H21NO/c1-4-15-12(8-11(3)16)9-13-10(2)6-5-7-14(13)15/h5-7,11-12,16H,4,8-9H2,1-3H3. The van der Waals surface area contributed by atoms with Crippen molar-refractivity contribution in [1.29, 1.82) is 0 Å². The van der Waals surface area contributed by atoms with Crippen molar-refractivity contribution in [2.45, 2.75) is 45.8 Å². The summed E-state index contributed by atoms with van der Waals surface area (Å²) >= 11 is 0. The molecule has 2 atom stereocenters. The lowest BCUT2D eigenvalue weighted by Crippen LogP contribution is -2.34. The molecule has 0 radical (unpaired) electrons. The molecule has 88 valence electrons. The molecule has 1 aliphatic heterocycles. The van der Waals surface area contributed by atoms with E-state index in [1.165, 1.54) is 16.8 Å². The third kappa shape index (κ3) is 1.94. The van der Waals surface area contributed by atoms with Crippen LogP contribution in [0, 0.1) is 6.92 Å². The van der Waals surface area contributed by atoms with Gasteiger partial charge in [-0.3, -0.25) is 0 Å². The second kappa shape index (κ2) is 4.46. The van der Waals surface area contributed by atoms with Gasteiger partial charge in [-0.25, -0.2) is 0 Å². The maximum absolute atomic E-state index is 9.55. The predicted octanol–water partition coefficient (Wildman–Crippen LogP) is 2.52. The Labute approximate surface area is 97.9 Å². The minimum absolute atomic E-state index is 0.214. The molecule has 0 saturated heterocycles. The Balaban J connectivity index is 2.28. The number of nitrogens with zero attached hydrogens (tertiary/aromatic N) is 1. The number of hydrogen-bond acceptors (Lipinski definition) is 2. The molecule has 2 unspecified atom stereocenters. The van der Waals surface area contributed by atoms with Crippen LogP contribution in [0.5, 0.6) is 0 Å². The number of anilines is 1. The largest absolute Gasteiger partial charge is 0.393 e. The summed E-state index contributed by atoms with van der Waals surface area (Å²) in [6, 6.07) is 6.98. The smallest absolute Gasteiger partial charge is 0.0531 e. The fourth-order valence-electron chi connectivity index (χ4n) is 2.80. The highest BCUT2D eigenvalue weighted by Crippen LogP contribution is 2.35. The Morgan fingerprint density at radius 3 is 2.88 bits per heavy atom. The molecule has 0 saturated carbocycles. The first-order valence-corrected chi connectivity index (χ1v) is 6.16. The minimum atomic E-state index is -0.214. The molecule has 0 aromatic heterocycles. The van der Waals surface area contributed by atoms with Crippen LogP contribution in [-0.4, -0.2) is 23.8 Å². The van der Waals surface area contributed by atoms with E-state index < -0.39 is 0 Å². The van der Waals surface area contributed by atoms with Crippen LogP contribution >= 0.6 is 0 Å². The summed E-state index contributed by atoms with van der Waals surface area (Å²) in [6.07, 6.45) is 1.73. The first kappa shape index (κ1) is 11.5. The average molecular weight is 219 g/mol. The Kier molecular flexibility index (Phi) is 3.20. The molecule has 0 bridgehead atoms. The fraction of sp³-hybridized carbons (Fsp3) is 0.571. The summed E-state index contributed by atoms with van der Waals surface area (Å²) in [7, 11) is 0. The van der Waals surface area contributed by atoms with E-state index in [4.69, 9.17) is 0 Å². The van der Waals surface area contributed by atoms with Gasteiger partial charge in [0.05, 0.1) is 6.10 Å². The van der Waals surface area contributed by atoms with Crippen LogP contribution in [-0.2, 0) is 6.42 Å². The van der Waals surface area contributed by atoms with Gasteiger partial charge in [-0.05, 0) is 50.8 Å². The van der Waals surface area contributed by atoms with E-state index in [2.05, 4.69) is 36.9 Å². The lowest BCUT2D eigenvalue weighted by Gasteiger charge is -2.27. The Morgan fingerprint density at radius 1 is 1.50 bits per heavy atom. The van der Waals surface area contributed by atoms with Gasteiger partial charge >= 0.3 is 0 Å². The number of hydrogen-bond donors (Lipinski definition) is 1. The molecule has 1 heterocycles. The van der Waals surface area contributed by atoms with Crippen LogP contribution in [0.4, 0.5) is 5.69 Å². The molecule has 2 heteroatoms. The van der Waals surface area contributed by atoms with Crippen LogP contribution in [0.1, 0.15) is 31.4 Å². The zero-order valence-electron chi connectivity index (χ0n) is 10.4. The number of aliphatic hydroxyl groups excluding tert-OH is 1. The van der Waals surface area contributed by atoms with Crippen LogP contribution in [0.3, 0.4) is 0 Å². The molecule has 16 heavy (non-hydrogen) atoms. The SMILES string of the molecule is CCN1c2cccc(C)c2CC1CC(C)O. The van der Waals surface area contributed by atoms with Crippen molar-refractivity contribution in [2.75, 3.05) is 11.4 Å². The molecule has 2 rings (SSSR count). The monoisotopic (exact) mass is 219 g/mol. The van der Waals surface area contributed by atoms with E-state index in [-0.39, 0.29) is 6.10 Å². The number of aliphatic hydroxyl groups is 1. The summed E-state index contributed by atoms with van der Waals surface area (Å²) in [5.74, 6) is 0. The van der Waals surface area contributed by atoms with Crippen LogP contribution in [0.25, 0.3) is 0 Å². The second-order valence-corrected chi connectivity index (χ2v) is 4.80. The maximum Gasteiger partial charge on any atom is 0.0531 e. The predicted molar refractivity (Wildman–Crippen MR) is 68.0 cm³/mol. The third-order valence-corrected chi connectivity index (χ3v) is 3.53. The number of benzene rings is 1. The van der Waals surface area contributed by atoms with E-state index >= 15 is 0 Å². The van der Waals surface area contributed by atoms with E-state index in [1.54, 1.807) is 0 Å². The van der Waals surface area contributed by atoms with Gasteiger partial charge in [0, 0.05) is 18.3 Å². The number of rotatable bonds is 3. The molecule has 2 nitrogen and oxygen atoms in total. The fourth-order valence-corrected chi connectivity index (χ4v) is 2.80. The number of aryl methyl sites for hydroxylation is 1. The molecular weight excluding hydrogens is 198 g/mol. The Morgan fingerprint density at radius 2 is 2.25 bits per heavy atom. The molecule has 0 aliphatic carbocycles. The maximum atomic E-state index is 9.55. The summed E-state index contributed by atoms with van der Waals surface area (Å²) in [4.78, 5) is 2.43. The van der Waals surface area contributed by atoms with E-state index in [0.29, 0.717) is 6.04 Å². The number of fused-ring (bicyclic) bond motifs is 1. The van der Waals surface area contributed by atoms with Crippen molar-refractivity contribution in [3.63, 3.8) is 0 Å². The van der Waals surface area contributed by atoms with Gasteiger partial charge in [-0.1, -0.05) is 12.1 Å². The first-order valence-electron chi connectivity index (χ1n) is 6.16. The summed E-state index contributed by atoms with van der Waals surface area (Å²) in [6.45, 7) is 7.27. The topological polar surface area (TPSA) is 23.5 Å². The average Bonchev–Trinajstić information content (AvgIpc) is 2.56. The van der Waals surface area contributed by atoms with Gasteiger partial charge in [-0.2, -0.15) is 0 Å². The lowest BCUT2D eigenvalue weighted by atomic mass is 10.0. The molecule has 0 fully saturated rings. The molecule has 1 aromatic rings. The van der Waals surface area contributed by atoms with Crippen molar-refractivity contribution < 1.29 is 5.11 Å². The molecular formula is C14H21NO. The van der Waals surface area contributed by atoms with Gasteiger partial charge in [0.2, 0.25) is 0 Å². The molecule has 1 N–H and O–H groups in total. The first-order chi connectivity index (χ1) is 7.63. The molecule has 0 spiro atoms. The summed E-state index contributed by atoms with van der Waals surface area (Å²) < 4.78 is 0. The second-order valence-electron chi connectivity index (χ2n) is 4.80.